The van der Waals surface area contributed by atoms with Gasteiger partial charge in [0.2, 0.25) is 5.79 Å². The Balaban J connectivity index is 2.13. The summed E-state index contributed by atoms with van der Waals surface area (Å²) < 4.78 is 16.4. The Morgan fingerprint density at radius 1 is 1.33 bits per heavy atom. The number of methoxy groups -OCH3 is 2. The number of carbonyl (C=O) groups is 1. The topological polar surface area (TPSA) is 48.0 Å². The van der Waals surface area contributed by atoms with Crippen LogP contribution in [0.15, 0.2) is 0 Å². The van der Waals surface area contributed by atoms with Gasteiger partial charge < -0.3 is 14.2 Å². The summed E-state index contributed by atoms with van der Waals surface area (Å²) in [5.41, 5.74) is -0.911. The van der Waals surface area contributed by atoms with Crippen LogP contribution in [0.5, 0.6) is 0 Å². The van der Waals surface area contributed by atoms with Gasteiger partial charge in [0.1, 0.15) is 11.1 Å². The van der Waals surface area contributed by atoms with Crippen LogP contribution in [0.3, 0.4) is 0 Å². The van der Waals surface area contributed by atoms with Gasteiger partial charge in [0.05, 0.1) is 6.54 Å². The summed E-state index contributed by atoms with van der Waals surface area (Å²) in [6.45, 7) is 5.97. The molecule has 18 heavy (non-hydrogen) atoms. The molecule has 6 heteroatoms. The van der Waals surface area contributed by atoms with Crippen LogP contribution in [-0.2, 0) is 14.2 Å². The monoisotopic (exact) mass is 321 g/mol. The molecule has 1 aliphatic carbocycles. The molecule has 1 amide bonds. The van der Waals surface area contributed by atoms with Crippen LogP contribution in [0.2, 0.25) is 0 Å². The van der Waals surface area contributed by atoms with Gasteiger partial charge in [0, 0.05) is 19.0 Å². The number of hydrogen-bond donors (Lipinski definition) is 0. The Kier molecular flexibility index (Phi) is 3.19. The van der Waals surface area contributed by atoms with Crippen LogP contribution < -0.4 is 0 Å². The van der Waals surface area contributed by atoms with Crippen molar-refractivity contribution in [3.63, 3.8) is 0 Å². The molecule has 2 fully saturated rings. The summed E-state index contributed by atoms with van der Waals surface area (Å²) in [5.74, 6) is -0.710. The summed E-state index contributed by atoms with van der Waals surface area (Å²) >= 11 is 3.55. The molecule has 2 aliphatic rings. The number of ether oxygens (including phenoxy) is 3. The first kappa shape index (κ1) is 14.1. The van der Waals surface area contributed by atoms with Gasteiger partial charge in [-0.15, -0.1) is 0 Å². The van der Waals surface area contributed by atoms with Crippen LogP contribution >= 0.6 is 15.9 Å². The molecule has 0 aromatic carbocycles. The Hall–Kier alpha value is -0.330. The molecule has 0 radical (unpaired) electrons. The minimum Gasteiger partial charge on any atom is -0.444 e. The van der Waals surface area contributed by atoms with E-state index in [4.69, 9.17) is 14.2 Å². The van der Waals surface area contributed by atoms with Crippen LogP contribution in [0.1, 0.15) is 27.2 Å². The number of halogens is 1. The van der Waals surface area contributed by atoms with E-state index in [1.807, 2.05) is 20.8 Å². The average Bonchev–Trinajstić information content (AvgIpc) is 2.91. The number of amides is 1. The minimum absolute atomic E-state index is 0.186. The highest BCUT2D eigenvalue weighted by Gasteiger charge is 2.80. The summed E-state index contributed by atoms with van der Waals surface area (Å²) in [5, 5.41) is 0. The van der Waals surface area contributed by atoms with Crippen molar-refractivity contribution in [3.05, 3.63) is 0 Å². The first-order valence-corrected chi connectivity index (χ1v) is 6.89. The first-order chi connectivity index (χ1) is 8.22. The smallest absolute Gasteiger partial charge is 0.411 e. The van der Waals surface area contributed by atoms with Crippen molar-refractivity contribution in [3.8, 4) is 0 Å². The molecular weight excluding hydrogens is 302 g/mol. The van der Waals surface area contributed by atoms with Crippen molar-refractivity contribution in [1.29, 1.82) is 0 Å². The van der Waals surface area contributed by atoms with E-state index in [-0.39, 0.29) is 10.9 Å². The minimum atomic E-state index is -0.710. The van der Waals surface area contributed by atoms with Crippen molar-refractivity contribution in [1.82, 2.24) is 4.90 Å². The summed E-state index contributed by atoms with van der Waals surface area (Å²) in [6, 6.07) is 0. The van der Waals surface area contributed by atoms with E-state index in [9.17, 15) is 4.79 Å². The van der Waals surface area contributed by atoms with E-state index >= 15 is 0 Å². The molecule has 0 aromatic heterocycles. The van der Waals surface area contributed by atoms with Gasteiger partial charge in [-0.25, -0.2) is 4.79 Å². The Bertz CT molecular complexity index is 364. The van der Waals surface area contributed by atoms with Gasteiger partial charge in [-0.1, -0.05) is 15.9 Å². The highest BCUT2D eigenvalue weighted by molar-refractivity contribution is 9.09. The van der Waals surface area contributed by atoms with E-state index in [2.05, 4.69) is 15.9 Å². The van der Waals surface area contributed by atoms with Gasteiger partial charge >= 0.3 is 6.09 Å². The van der Waals surface area contributed by atoms with Crippen LogP contribution in [0.4, 0.5) is 4.79 Å². The second-order valence-corrected chi connectivity index (χ2v) is 6.93. The van der Waals surface area contributed by atoms with Crippen molar-refractivity contribution in [2.24, 2.45) is 0 Å². The Morgan fingerprint density at radius 2 is 1.83 bits per heavy atom. The van der Waals surface area contributed by atoms with Gasteiger partial charge in [0.25, 0.3) is 0 Å². The molecule has 5 nitrogen and oxygen atoms in total. The first-order valence-electron chi connectivity index (χ1n) is 5.97. The zero-order chi connectivity index (χ0) is 13.8. The molecule has 1 aliphatic heterocycles. The maximum Gasteiger partial charge on any atom is 0.411 e. The lowest BCUT2D eigenvalue weighted by Gasteiger charge is -2.55. The summed E-state index contributed by atoms with van der Waals surface area (Å²) in [7, 11) is 3.21. The maximum absolute atomic E-state index is 12.1. The average molecular weight is 322 g/mol. The van der Waals surface area contributed by atoms with E-state index in [1.54, 1.807) is 19.1 Å². The molecule has 0 N–H and O–H groups in total. The lowest BCUT2D eigenvalue weighted by atomic mass is 9.92. The number of rotatable bonds is 2. The largest absolute Gasteiger partial charge is 0.444 e. The molecule has 0 aromatic rings. The molecule has 1 saturated carbocycles. The molecule has 2 unspecified atom stereocenters. The lowest BCUT2D eigenvalue weighted by molar-refractivity contribution is -0.312. The van der Waals surface area contributed by atoms with Crippen LogP contribution in [-0.4, -0.2) is 53.5 Å². The normalized spacial score (nSPS) is 33.2. The summed E-state index contributed by atoms with van der Waals surface area (Å²) in [6.07, 6.45) is 0.502. The van der Waals surface area contributed by atoms with E-state index in [0.29, 0.717) is 6.54 Å². The number of likely N-dealkylation sites (tertiary alicyclic amines) is 1. The summed E-state index contributed by atoms with van der Waals surface area (Å²) in [4.78, 5) is 14.0. The van der Waals surface area contributed by atoms with Crippen molar-refractivity contribution < 1.29 is 19.0 Å². The Morgan fingerprint density at radius 3 is 2.17 bits per heavy atom. The quantitative estimate of drug-likeness (QED) is 0.577. The van der Waals surface area contributed by atoms with E-state index < -0.39 is 16.9 Å². The van der Waals surface area contributed by atoms with Gasteiger partial charge in [0.15, 0.2) is 0 Å². The zero-order valence-corrected chi connectivity index (χ0v) is 13.0. The van der Waals surface area contributed by atoms with Gasteiger partial charge in [-0.05, 0) is 27.2 Å². The van der Waals surface area contributed by atoms with Crippen molar-refractivity contribution >= 4 is 22.0 Å². The number of nitrogens with zero attached hydrogens (tertiary/aromatic N) is 1. The fraction of sp³-hybridized carbons (Fsp3) is 0.917. The van der Waals surface area contributed by atoms with Crippen LogP contribution in [0, 0.1) is 0 Å². The maximum atomic E-state index is 12.1. The highest BCUT2D eigenvalue weighted by Crippen LogP contribution is 2.62. The molecule has 2 atom stereocenters. The molecule has 1 spiro atoms. The molecule has 1 heterocycles. The lowest BCUT2D eigenvalue weighted by Crippen LogP contribution is -2.76. The second-order valence-electron chi connectivity index (χ2n) is 5.82. The van der Waals surface area contributed by atoms with E-state index in [1.165, 1.54) is 0 Å². The third-order valence-corrected chi connectivity index (χ3v) is 4.71. The predicted octanol–water partition coefficient (Wildman–Crippen LogP) is 2.13. The van der Waals surface area contributed by atoms with E-state index in [0.717, 1.165) is 6.42 Å². The standard InChI is InChI=1S/C12H20BrNO4/c1-10(2,3)18-9(15)14-7-12(16-4,17-5)11(14)6-8(11)13/h8H,6-7H2,1-5H3. The fourth-order valence-electron chi connectivity index (χ4n) is 2.60. The predicted molar refractivity (Wildman–Crippen MR) is 69.8 cm³/mol. The Labute approximate surface area is 116 Å². The molecule has 2 rings (SSSR count). The fourth-order valence-corrected chi connectivity index (χ4v) is 3.69. The molecule has 1 saturated heterocycles. The highest BCUT2D eigenvalue weighted by atomic mass is 79.9. The van der Waals surface area contributed by atoms with Crippen molar-refractivity contribution in [2.45, 2.75) is 48.9 Å². The molecular formula is C12H20BrNO4. The second kappa shape index (κ2) is 4.08. The van der Waals surface area contributed by atoms with Gasteiger partial charge in [-0.3, -0.25) is 4.90 Å². The SMILES string of the molecule is COC1(OC)CN(C(=O)OC(C)(C)C)C12CC2Br. The molecule has 104 valence electrons. The number of hydrogen-bond acceptors (Lipinski definition) is 4. The van der Waals surface area contributed by atoms with Crippen molar-refractivity contribution in [2.75, 3.05) is 20.8 Å². The third-order valence-electron chi connectivity index (χ3n) is 3.63. The molecule has 0 bridgehead atoms. The van der Waals surface area contributed by atoms with Gasteiger partial charge in [-0.2, -0.15) is 0 Å². The van der Waals surface area contributed by atoms with Crippen LogP contribution in [0.25, 0.3) is 0 Å². The third kappa shape index (κ3) is 1.77. The number of carbonyl (C=O) groups excluding carboxylic acids is 1. The zero-order valence-electron chi connectivity index (χ0n) is 11.4. The number of alkyl halides is 1.